The van der Waals surface area contributed by atoms with E-state index >= 15 is 0 Å². The lowest BCUT2D eigenvalue weighted by Gasteiger charge is -2.24. The van der Waals surface area contributed by atoms with E-state index in [4.69, 9.17) is 0 Å². The second-order valence-corrected chi connectivity index (χ2v) is 4.68. The number of likely N-dealkylation sites (N-methyl/N-ethyl adjacent to an activating group) is 1. The van der Waals surface area contributed by atoms with Crippen LogP contribution in [0.1, 0.15) is 36.9 Å². The van der Waals surface area contributed by atoms with Gasteiger partial charge in [0.25, 0.3) is 0 Å². The summed E-state index contributed by atoms with van der Waals surface area (Å²) in [4.78, 5) is 0. The van der Waals surface area contributed by atoms with E-state index in [0.717, 1.165) is 6.54 Å². The fourth-order valence-corrected chi connectivity index (χ4v) is 2.35. The molecule has 1 heterocycles. The molecule has 0 spiro atoms. The first-order chi connectivity index (χ1) is 8.72. The van der Waals surface area contributed by atoms with Gasteiger partial charge < -0.3 is 5.32 Å². The van der Waals surface area contributed by atoms with E-state index in [1.165, 1.54) is 11.1 Å². The van der Waals surface area contributed by atoms with E-state index in [9.17, 15) is 0 Å². The largest absolute Gasteiger partial charge is 0.310 e. The summed E-state index contributed by atoms with van der Waals surface area (Å²) in [5.41, 5.74) is 2.60. The summed E-state index contributed by atoms with van der Waals surface area (Å²) in [6.45, 7) is 5.35. The van der Waals surface area contributed by atoms with Crippen molar-refractivity contribution in [3.63, 3.8) is 0 Å². The Labute approximate surface area is 109 Å². The highest BCUT2D eigenvalue weighted by Crippen LogP contribution is 2.30. The Bertz CT molecular complexity index is 475. The number of aromatic nitrogens is 2. The molecule has 96 valence electrons. The molecule has 0 bridgehead atoms. The monoisotopic (exact) mass is 243 g/mol. The van der Waals surface area contributed by atoms with Crippen LogP contribution in [0.4, 0.5) is 0 Å². The lowest BCUT2D eigenvalue weighted by atomic mass is 9.90. The third kappa shape index (κ3) is 2.79. The van der Waals surface area contributed by atoms with Gasteiger partial charge in [-0.1, -0.05) is 44.2 Å². The van der Waals surface area contributed by atoms with Crippen molar-refractivity contribution in [1.82, 2.24) is 15.1 Å². The molecule has 2 atom stereocenters. The lowest BCUT2D eigenvalue weighted by Crippen LogP contribution is -2.25. The molecule has 0 fully saturated rings. The van der Waals surface area contributed by atoms with Gasteiger partial charge in [-0.25, -0.2) is 0 Å². The Hall–Kier alpha value is -1.61. The molecule has 2 unspecified atom stereocenters. The van der Waals surface area contributed by atoms with Crippen molar-refractivity contribution in [2.75, 3.05) is 6.54 Å². The number of rotatable bonds is 5. The average Bonchev–Trinajstić information content (AvgIpc) is 2.82. The lowest BCUT2D eigenvalue weighted by molar-refractivity contribution is 0.479. The topological polar surface area (TPSA) is 29.9 Å². The molecule has 3 heteroatoms. The van der Waals surface area contributed by atoms with E-state index in [1.807, 2.05) is 17.9 Å². The van der Waals surface area contributed by atoms with E-state index in [1.54, 1.807) is 0 Å². The van der Waals surface area contributed by atoms with Gasteiger partial charge in [-0.2, -0.15) is 5.10 Å². The van der Waals surface area contributed by atoms with Crippen LogP contribution in [-0.4, -0.2) is 16.3 Å². The van der Waals surface area contributed by atoms with Gasteiger partial charge in [0.1, 0.15) is 0 Å². The van der Waals surface area contributed by atoms with E-state index in [0.29, 0.717) is 12.0 Å². The minimum atomic E-state index is 0.311. The Morgan fingerprint density at radius 2 is 1.94 bits per heavy atom. The second-order valence-electron chi connectivity index (χ2n) is 4.68. The van der Waals surface area contributed by atoms with Gasteiger partial charge in [0.15, 0.2) is 0 Å². The molecule has 0 aliphatic heterocycles. The summed E-state index contributed by atoms with van der Waals surface area (Å²) in [6, 6.07) is 10.9. The highest BCUT2D eigenvalue weighted by atomic mass is 15.2. The van der Waals surface area contributed by atoms with Crippen LogP contribution in [0.5, 0.6) is 0 Å². The van der Waals surface area contributed by atoms with Crippen molar-refractivity contribution < 1.29 is 0 Å². The zero-order valence-corrected chi connectivity index (χ0v) is 11.3. The van der Waals surface area contributed by atoms with Gasteiger partial charge in [0.05, 0.1) is 6.20 Å². The maximum atomic E-state index is 4.27. The highest BCUT2D eigenvalue weighted by Gasteiger charge is 2.20. The van der Waals surface area contributed by atoms with Crippen LogP contribution < -0.4 is 5.32 Å². The van der Waals surface area contributed by atoms with Gasteiger partial charge in [0, 0.05) is 30.8 Å². The van der Waals surface area contributed by atoms with Gasteiger partial charge >= 0.3 is 0 Å². The fourth-order valence-electron chi connectivity index (χ4n) is 2.35. The molecule has 0 saturated carbocycles. The molecular formula is C15H21N3. The van der Waals surface area contributed by atoms with Crippen molar-refractivity contribution in [2.24, 2.45) is 7.05 Å². The molecule has 1 aromatic heterocycles. The van der Waals surface area contributed by atoms with Crippen LogP contribution in [-0.2, 0) is 7.05 Å². The number of aryl methyl sites for hydroxylation is 1. The molecule has 0 radical (unpaired) electrons. The predicted octanol–water partition coefficient (Wildman–Crippen LogP) is 2.87. The van der Waals surface area contributed by atoms with Crippen LogP contribution in [0.3, 0.4) is 0 Å². The number of nitrogens with zero attached hydrogens (tertiary/aromatic N) is 2. The Morgan fingerprint density at radius 1 is 1.22 bits per heavy atom. The summed E-state index contributed by atoms with van der Waals surface area (Å²) in [5, 5.41) is 7.83. The fraction of sp³-hybridized carbons (Fsp3) is 0.400. The molecule has 0 aliphatic carbocycles. The first kappa shape index (κ1) is 12.8. The van der Waals surface area contributed by atoms with Crippen molar-refractivity contribution in [1.29, 1.82) is 0 Å². The zero-order valence-electron chi connectivity index (χ0n) is 11.3. The molecule has 0 saturated heterocycles. The molecule has 1 N–H and O–H groups in total. The maximum Gasteiger partial charge on any atom is 0.0537 e. The van der Waals surface area contributed by atoms with Crippen molar-refractivity contribution in [3.8, 4) is 0 Å². The SMILES string of the molecule is CCNC(c1cnn(C)c1)C(C)c1ccccc1. The standard InChI is InChI=1S/C15H21N3/c1-4-16-15(14-10-17-18(3)11-14)12(2)13-8-6-5-7-9-13/h5-12,15-16H,4H2,1-3H3. The van der Waals surface area contributed by atoms with Gasteiger partial charge in [-0.15, -0.1) is 0 Å². The van der Waals surface area contributed by atoms with E-state index in [-0.39, 0.29) is 0 Å². The average molecular weight is 243 g/mol. The normalized spacial score (nSPS) is 14.4. The van der Waals surface area contributed by atoms with Crippen LogP contribution in [0.15, 0.2) is 42.7 Å². The molecule has 0 amide bonds. The Morgan fingerprint density at radius 3 is 2.50 bits per heavy atom. The smallest absolute Gasteiger partial charge is 0.0537 e. The molecule has 2 aromatic rings. The molecule has 0 aliphatic rings. The summed E-state index contributed by atoms with van der Waals surface area (Å²) >= 11 is 0. The maximum absolute atomic E-state index is 4.27. The molecule has 18 heavy (non-hydrogen) atoms. The van der Waals surface area contributed by atoms with Crippen LogP contribution in [0.2, 0.25) is 0 Å². The van der Waals surface area contributed by atoms with Gasteiger partial charge in [-0.05, 0) is 12.1 Å². The van der Waals surface area contributed by atoms with Gasteiger partial charge in [-0.3, -0.25) is 4.68 Å². The Kier molecular flexibility index (Phi) is 4.15. The van der Waals surface area contributed by atoms with E-state index in [2.05, 4.69) is 60.8 Å². The molecule has 3 nitrogen and oxygen atoms in total. The minimum Gasteiger partial charge on any atom is -0.310 e. The van der Waals surface area contributed by atoms with E-state index < -0.39 is 0 Å². The van der Waals surface area contributed by atoms with Crippen LogP contribution >= 0.6 is 0 Å². The quantitative estimate of drug-likeness (QED) is 0.875. The third-order valence-corrected chi connectivity index (χ3v) is 3.33. The number of benzene rings is 1. The third-order valence-electron chi connectivity index (χ3n) is 3.33. The zero-order chi connectivity index (χ0) is 13.0. The predicted molar refractivity (Wildman–Crippen MR) is 74.5 cm³/mol. The first-order valence-electron chi connectivity index (χ1n) is 6.49. The summed E-state index contributed by atoms with van der Waals surface area (Å²) < 4.78 is 1.86. The summed E-state index contributed by atoms with van der Waals surface area (Å²) in [6.07, 6.45) is 4.04. The van der Waals surface area contributed by atoms with Crippen molar-refractivity contribution in [3.05, 3.63) is 53.9 Å². The number of hydrogen-bond acceptors (Lipinski definition) is 2. The summed E-state index contributed by atoms with van der Waals surface area (Å²) in [7, 11) is 1.96. The van der Waals surface area contributed by atoms with Crippen molar-refractivity contribution >= 4 is 0 Å². The van der Waals surface area contributed by atoms with Crippen LogP contribution in [0.25, 0.3) is 0 Å². The van der Waals surface area contributed by atoms with Gasteiger partial charge in [0.2, 0.25) is 0 Å². The number of nitrogens with one attached hydrogen (secondary N) is 1. The highest BCUT2D eigenvalue weighted by molar-refractivity contribution is 5.25. The second kappa shape index (κ2) is 5.83. The number of hydrogen-bond donors (Lipinski definition) is 1. The summed E-state index contributed by atoms with van der Waals surface area (Å²) in [5.74, 6) is 0.426. The van der Waals surface area contributed by atoms with Crippen molar-refractivity contribution in [2.45, 2.75) is 25.8 Å². The van der Waals surface area contributed by atoms with Crippen LogP contribution in [0, 0.1) is 0 Å². The molecule has 2 rings (SSSR count). The first-order valence-corrected chi connectivity index (χ1v) is 6.49. The Balaban J connectivity index is 2.25. The minimum absolute atomic E-state index is 0.311. The molecular weight excluding hydrogens is 222 g/mol. The molecule has 1 aromatic carbocycles.